The van der Waals surface area contributed by atoms with Crippen LogP contribution in [0.25, 0.3) is 0 Å². The molecule has 0 saturated carbocycles. The molecule has 0 amide bonds. The molecule has 0 aliphatic heterocycles. The summed E-state index contributed by atoms with van der Waals surface area (Å²) >= 11 is 0. The summed E-state index contributed by atoms with van der Waals surface area (Å²) in [5.74, 6) is -0.616. The van der Waals surface area contributed by atoms with Crippen molar-refractivity contribution in [3.63, 3.8) is 0 Å². The largest absolute Gasteiger partial charge is 0.395 e. The van der Waals surface area contributed by atoms with Crippen molar-refractivity contribution in [3.05, 3.63) is 24.4 Å². The Kier molecular flexibility index (Phi) is 12.5. The summed E-state index contributed by atoms with van der Waals surface area (Å²) in [6.07, 6.45) is 3.93. The molecule has 0 aromatic carbocycles. The van der Waals surface area contributed by atoms with E-state index >= 15 is 0 Å². The molecule has 0 aromatic heterocycles. The van der Waals surface area contributed by atoms with E-state index in [-0.39, 0.29) is 55.8 Å². The van der Waals surface area contributed by atoms with E-state index in [0.717, 1.165) is 5.71 Å². The fourth-order valence-corrected chi connectivity index (χ4v) is 2.80. The predicted octanol–water partition coefficient (Wildman–Crippen LogP) is 0.000200. The van der Waals surface area contributed by atoms with Crippen molar-refractivity contribution in [2.45, 2.75) is 26.2 Å². The van der Waals surface area contributed by atoms with Crippen LogP contribution in [-0.2, 0) is 9.59 Å². The maximum atomic E-state index is 12.2. The normalized spacial score (nSPS) is 17.1. The fourth-order valence-electron chi connectivity index (χ4n) is 2.80. The van der Waals surface area contributed by atoms with Gasteiger partial charge in [-0.3, -0.25) is 29.5 Å². The number of hydrogen-bond donors (Lipinski definition) is 3. The van der Waals surface area contributed by atoms with Crippen LogP contribution in [0.4, 0.5) is 0 Å². The summed E-state index contributed by atoms with van der Waals surface area (Å²) in [5.41, 5.74) is 1.79. The Bertz CT molecular complexity index is 719. The summed E-state index contributed by atoms with van der Waals surface area (Å²) < 4.78 is 0. The number of allylic oxidation sites excluding steroid dienone is 3. The lowest BCUT2D eigenvalue weighted by molar-refractivity contribution is -0.116. The van der Waals surface area contributed by atoms with Crippen molar-refractivity contribution in [3.8, 4) is 0 Å². The van der Waals surface area contributed by atoms with Gasteiger partial charge in [-0.25, -0.2) is 0 Å². The van der Waals surface area contributed by atoms with Gasteiger partial charge in [-0.05, 0) is 25.8 Å². The lowest BCUT2D eigenvalue weighted by Crippen LogP contribution is -2.32. The highest BCUT2D eigenvalue weighted by Gasteiger charge is 2.24. The van der Waals surface area contributed by atoms with E-state index in [1.165, 1.54) is 6.08 Å². The Morgan fingerprint density at radius 3 is 2.40 bits per heavy atom. The zero-order valence-electron chi connectivity index (χ0n) is 17.6. The van der Waals surface area contributed by atoms with Crippen molar-refractivity contribution in [2.75, 3.05) is 52.5 Å². The predicted molar refractivity (Wildman–Crippen MR) is 118 cm³/mol. The molecule has 9 heteroatoms. The number of ketones is 2. The fraction of sp³-hybridized carbons (Fsp3) is 0.571. The molecule has 1 aliphatic carbocycles. The van der Waals surface area contributed by atoms with Crippen LogP contribution in [0.1, 0.15) is 26.2 Å². The van der Waals surface area contributed by atoms with Crippen LogP contribution in [0.5, 0.6) is 0 Å². The van der Waals surface area contributed by atoms with Crippen molar-refractivity contribution in [1.29, 1.82) is 0 Å². The van der Waals surface area contributed by atoms with Gasteiger partial charge in [0.15, 0.2) is 5.78 Å². The van der Waals surface area contributed by atoms with Crippen LogP contribution in [0.15, 0.2) is 39.4 Å². The van der Waals surface area contributed by atoms with Crippen LogP contribution >= 0.6 is 0 Å². The molecule has 0 saturated heterocycles. The zero-order valence-corrected chi connectivity index (χ0v) is 17.6. The van der Waals surface area contributed by atoms with Crippen molar-refractivity contribution < 1.29 is 24.9 Å². The Balaban J connectivity index is 2.65. The second-order valence-corrected chi connectivity index (χ2v) is 6.76. The third-order valence-corrected chi connectivity index (χ3v) is 4.42. The molecular formula is C21H32N4O5. The Morgan fingerprint density at radius 1 is 1.10 bits per heavy atom. The Hall–Kier alpha value is -2.33. The number of nitrogens with zero attached hydrogens (tertiary/aromatic N) is 4. The molecule has 30 heavy (non-hydrogen) atoms. The Morgan fingerprint density at radius 2 is 1.80 bits per heavy atom. The maximum Gasteiger partial charge on any atom is 0.202 e. The minimum atomic E-state index is -0.349. The molecular weight excluding hydrogens is 388 g/mol. The third kappa shape index (κ3) is 9.45. The second kappa shape index (κ2) is 14.6. The number of aliphatic hydroxyl groups excluding tert-OH is 3. The van der Waals surface area contributed by atoms with Crippen molar-refractivity contribution in [1.82, 2.24) is 4.90 Å². The van der Waals surface area contributed by atoms with Crippen LogP contribution in [0.3, 0.4) is 0 Å². The number of rotatable bonds is 14. The van der Waals surface area contributed by atoms with E-state index in [2.05, 4.69) is 21.6 Å². The molecule has 3 N–H and O–H groups in total. The van der Waals surface area contributed by atoms with Gasteiger partial charge in [0.05, 0.1) is 45.0 Å². The van der Waals surface area contributed by atoms with E-state index < -0.39 is 0 Å². The molecule has 1 rings (SSSR count). The minimum absolute atomic E-state index is 0.0273. The van der Waals surface area contributed by atoms with E-state index in [9.17, 15) is 9.59 Å². The molecule has 0 spiro atoms. The monoisotopic (exact) mass is 420 g/mol. The summed E-state index contributed by atoms with van der Waals surface area (Å²) in [5, 5.41) is 26.9. The summed E-state index contributed by atoms with van der Waals surface area (Å²) in [7, 11) is 0. The summed E-state index contributed by atoms with van der Waals surface area (Å²) in [6, 6.07) is 0. The zero-order chi connectivity index (χ0) is 22.4. The summed E-state index contributed by atoms with van der Waals surface area (Å²) in [4.78, 5) is 38.9. The first kappa shape index (κ1) is 25.7. The standard InChI is InChI=1S/C21H32N4O5/c1-3-17(22-6-8-25(9-12-27)10-13-28)5-4-16(2)24-19-15-20(29)18(14-21(19)30)23-7-11-26/h3,15,26-28H,1,4-14H2,2H3. The topological polar surface area (TPSA) is 135 Å². The number of aliphatic hydroxyl groups is 3. The first-order valence-electron chi connectivity index (χ1n) is 10.0. The van der Waals surface area contributed by atoms with Crippen molar-refractivity contribution >= 4 is 28.7 Å². The van der Waals surface area contributed by atoms with E-state index in [0.29, 0.717) is 44.7 Å². The van der Waals surface area contributed by atoms with Crippen LogP contribution in [0, 0.1) is 0 Å². The van der Waals surface area contributed by atoms with Gasteiger partial charge in [0.1, 0.15) is 5.70 Å². The number of carbonyl (C=O) groups excluding carboxylic acids is 2. The van der Waals surface area contributed by atoms with Gasteiger partial charge in [0.25, 0.3) is 0 Å². The number of hydrogen-bond acceptors (Lipinski definition) is 9. The molecule has 0 radical (unpaired) electrons. The maximum absolute atomic E-state index is 12.2. The quantitative estimate of drug-likeness (QED) is 0.339. The SMILES string of the molecule is C=CC(CCC(C)=NC1=CC(=O)C(=NCCO)CC1=O)=NCCN(CCO)CCO. The smallest absolute Gasteiger partial charge is 0.202 e. The number of Topliss-reactive ketones (excluding diaryl/α,β-unsaturated/α-hetero) is 1. The van der Waals surface area contributed by atoms with Gasteiger partial charge in [-0.15, -0.1) is 0 Å². The van der Waals surface area contributed by atoms with Gasteiger partial charge in [0.2, 0.25) is 5.78 Å². The van der Waals surface area contributed by atoms with Crippen molar-refractivity contribution in [2.24, 2.45) is 15.0 Å². The van der Waals surface area contributed by atoms with Crippen LogP contribution < -0.4 is 0 Å². The van der Waals surface area contributed by atoms with Crippen LogP contribution in [0.2, 0.25) is 0 Å². The number of carbonyl (C=O) groups is 2. The van der Waals surface area contributed by atoms with E-state index in [1.807, 2.05) is 4.90 Å². The second-order valence-electron chi connectivity index (χ2n) is 6.76. The summed E-state index contributed by atoms with van der Waals surface area (Å²) in [6.45, 7) is 7.66. The third-order valence-electron chi connectivity index (χ3n) is 4.42. The minimum Gasteiger partial charge on any atom is -0.395 e. The molecule has 0 fully saturated rings. The molecule has 9 nitrogen and oxygen atoms in total. The van der Waals surface area contributed by atoms with Gasteiger partial charge in [-0.2, -0.15) is 0 Å². The molecule has 0 aromatic rings. The molecule has 1 aliphatic rings. The van der Waals surface area contributed by atoms with Gasteiger partial charge >= 0.3 is 0 Å². The highest BCUT2D eigenvalue weighted by Crippen LogP contribution is 2.13. The molecule has 0 atom stereocenters. The van der Waals surface area contributed by atoms with E-state index in [4.69, 9.17) is 15.3 Å². The van der Waals surface area contributed by atoms with Gasteiger partial charge in [-0.1, -0.05) is 6.58 Å². The average molecular weight is 421 g/mol. The first-order valence-corrected chi connectivity index (χ1v) is 10.0. The average Bonchev–Trinajstić information content (AvgIpc) is 2.72. The Labute approximate surface area is 177 Å². The number of aliphatic imine (C=N–C) groups is 3. The van der Waals surface area contributed by atoms with Gasteiger partial charge in [0, 0.05) is 37.1 Å². The van der Waals surface area contributed by atoms with Gasteiger partial charge < -0.3 is 15.3 Å². The highest BCUT2D eigenvalue weighted by molar-refractivity contribution is 6.50. The molecule has 0 heterocycles. The molecule has 166 valence electrons. The lowest BCUT2D eigenvalue weighted by atomic mass is 10.00. The lowest BCUT2D eigenvalue weighted by Gasteiger charge is -2.18. The first-order chi connectivity index (χ1) is 14.4. The molecule has 0 bridgehead atoms. The van der Waals surface area contributed by atoms with E-state index in [1.54, 1.807) is 13.0 Å². The van der Waals surface area contributed by atoms with Crippen LogP contribution in [-0.4, -0.2) is 101 Å². The molecule has 0 unspecified atom stereocenters. The highest BCUT2D eigenvalue weighted by atomic mass is 16.3.